The minimum Gasteiger partial charge on any atom is -0.480 e. The third-order valence-corrected chi connectivity index (χ3v) is 4.45. The lowest BCUT2D eigenvalue weighted by atomic mass is 10.0. The predicted molar refractivity (Wildman–Crippen MR) is 71.4 cm³/mol. The van der Waals surface area contributed by atoms with Crippen molar-refractivity contribution in [2.45, 2.75) is 39.0 Å². The van der Waals surface area contributed by atoms with E-state index in [2.05, 4.69) is 16.7 Å². The van der Waals surface area contributed by atoms with Gasteiger partial charge in [0.05, 0.1) is 13.2 Å². The molecule has 2 fully saturated rings. The first kappa shape index (κ1) is 13.8. The Bertz CT molecular complexity index is 283. The molecule has 0 spiro atoms. The first-order valence-corrected chi connectivity index (χ1v) is 7.34. The molecule has 1 aliphatic heterocycles. The van der Waals surface area contributed by atoms with E-state index in [1.807, 2.05) is 0 Å². The fraction of sp³-hybridized carbons (Fsp3) is 0.929. The molecule has 1 heterocycles. The molecular formula is C14H26N2O2. The molecule has 104 valence electrons. The number of hydrogen-bond donors (Lipinski definition) is 1. The van der Waals surface area contributed by atoms with Crippen LogP contribution in [-0.2, 0) is 4.79 Å². The summed E-state index contributed by atoms with van der Waals surface area (Å²) in [4.78, 5) is 15.2. The number of nitrogens with zero attached hydrogens (tertiary/aromatic N) is 2. The van der Waals surface area contributed by atoms with Crippen LogP contribution in [0.15, 0.2) is 0 Å². The lowest BCUT2D eigenvalue weighted by Crippen LogP contribution is -2.47. The van der Waals surface area contributed by atoms with Crippen molar-refractivity contribution >= 4 is 5.97 Å². The topological polar surface area (TPSA) is 43.8 Å². The van der Waals surface area contributed by atoms with Crippen LogP contribution in [0.2, 0.25) is 0 Å². The second-order valence-corrected chi connectivity index (χ2v) is 5.97. The van der Waals surface area contributed by atoms with Crippen LogP contribution in [-0.4, -0.2) is 53.7 Å². The van der Waals surface area contributed by atoms with Gasteiger partial charge in [0.1, 0.15) is 0 Å². The molecule has 4 heteroatoms. The van der Waals surface area contributed by atoms with Crippen LogP contribution in [0.3, 0.4) is 0 Å². The molecule has 0 aromatic carbocycles. The SMILES string of the molecule is CCC1CCC(CN2CCCN(CC(=O)O)C2)C1. The van der Waals surface area contributed by atoms with Crippen molar-refractivity contribution in [1.29, 1.82) is 0 Å². The van der Waals surface area contributed by atoms with Gasteiger partial charge < -0.3 is 5.11 Å². The third-order valence-electron chi connectivity index (χ3n) is 4.45. The molecule has 2 rings (SSSR count). The van der Waals surface area contributed by atoms with Gasteiger partial charge in [0, 0.05) is 19.6 Å². The maximum absolute atomic E-state index is 10.7. The van der Waals surface area contributed by atoms with Gasteiger partial charge >= 0.3 is 5.97 Å². The maximum Gasteiger partial charge on any atom is 0.317 e. The van der Waals surface area contributed by atoms with Gasteiger partial charge in [0.25, 0.3) is 0 Å². The highest BCUT2D eigenvalue weighted by Gasteiger charge is 2.27. The Labute approximate surface area is 110 Å². The highest BCUT2D eigenvalue weighted by molar-refractivity contribution is 5.69. The lowest BCUT2D eigenvalue weighted by Gasteiger charge is -2.36. The van der Waals surface area contributed by atoms with E-state index in [0.29, 0.717) is 0 Å². The number of carboxylic acid groups (broad SMARTS) is 1. The van der Waals surface area contributed by atoms with Gasteiger partial charge in [-0.1, -0.05) is 19.8 Å². The quantitative estimate of drug-likeness (QED) is 0.813. The van der Waals surface area contributed by atoms with Gasteiger partial charge in [-0.2, -0.15) is 0 Å². The molecule has 0 aromatic rings. The Kier molecular flexibility index (Phi) is 5.01. The Morgan fingerprint density at radius 3 is 2.61 bits per heavy atom. The highest BCUT2D eigenvalue weighted by Crippen LogP contribution is 2.33. The van der Waals surface area contributed by atoms with E-state index in [-0.39, 0.29) is 6.54 Å². The van der Waals surface area contributed by atoms with Crippen molar-refractivity contribution in [3.05, 3.63) is 0 Å². The minimum absolute atomic E-state index is 0.193. The summed E-state index contributed by atoms with van der Waals surface area (Å²) in [5, 5.41) is 8.84. The summed E-state index contributed by atoms with van der Waals surface area (Å²) in [6, 6.07) is 0. The Morgan fingerprint density at radius 1 is 1.22 bits per heavy atom. The second kappa shape index (κ2) is 6.53. The second-order valence-electron chi connectivity index (χ2n) is 5.97. The fourth-order valence-electron chi connectivity index (χ4n) is 3.49. The van der Waals surface area contributed by atoms with Crippen LogP contribution in [0, 0.1) is 11.8 Å². The molecule has 2 aliphatic rings. The first-order valence-electron chi connectivity index (χ1n) is 7.34. The fourth-order valence-corrected chi connectivity index (χ4v) is 3.49. The van der Waals surface area contributed by atoms with E-state index in [9.17, 15) is 4.79 Å². The number of rotatable bonds is 5. The Morgan fingerprint density at radius 2 is 1.94 bits per heavy atom. The van der Waals surface area contributed by atoms with Gasteiger partial charge in [-0.15, -0.1) is 0 Å². The average molecular weight is 254 g/mol. The third kappa shape index (κ3) is 3.95. The summed E-state index contributed by atoms with van der Waals surface area (Å²) in [6.45, 7) is 6.59. The summed E-state index contributed by atoms with van der Waals surface area (Å²) in [6.07, 6.45) is 6.58. The van der Waals surface area contributed by atoms with Crippen molar-refractivity contribution < 1.29 is 9.90 Å². The minimum atomic E-state index is -0.705. The molecule has 1 N–H and O–H groups in total. The Balaban J connectivity index is 1.74. The molecular weight excluding hydrogens is 228 g/mol. The van der Waals surface area contributed by atoms with Gasteiger partial charge in [-0.3, -0.25) is 14.6 Å². The molecule has 18 heavy (non-hydrogen) atoms. The van der Waals surface area contributed by atoms with Gasteiger partial charge in [-0.25, -0.2) is 0 Å². The van der Waals surface area contributed by atoms with E-state index in [1.165, 1.54) is 32.2 Å². The van der Waals surface area contributed by atoms with Crippen molar-refractivity contribution in [1.82, 2.24) is 9.80 Å². The van der Waals surface area contributed by atoms with Crippen molar-refractivity contribution in [2.75, 3.05) is 32.8 Å². The van der Waals surface area contributed by atoms with Crippen molar-refractivity contribution in [2.24, 2.45) is 11.8 Å². The van der Waals surface area contributed by atoms with Gasteiger partial charge in [-0.05, 0) is 31.1 Å². The molecule has 2 unspecified atom stereocenters. The molecule has 0 radical (unpaired) electrons. The van der Waals surface area contributed by atoms with Gasteiger partial charge in [0.2, 0.25) is 0 Å². The molecule has 2 atom stereocenters. The summed E-state index contributed by atoms with van der Waals surface area (Å²) < 4.78 is 0. The number of carbonyl (C=O) groups is 1. The molecule has 0 aromatic heterocycles. The molecule has 1 saturated heterocycles. The molecule has 1 saturated carbocycles. The monoisotopic (exact) mass is 254 g/mol. The zero-order chi connectivity index (χ0) is 13.0. The number of aliphatic carboxylic acids is 1. The molecule has 4 nitrogen and oxygen atoms in total. The largest absolute Gasteiger partial charge is 0.480 e. The first-order chi connectivity index (χ1) is 8.67. The van der Waals surface area contributed by atoms with E-state index in [1.54, 1.807) is 0 Å². The number of hydrogen-bond acceptors (Lipinski definition) is 3. The summed E-state index contributed by atoms with van der Waals surface area (Å²) >= 11 is 0. The van der Waals surface area contributed by atoms with Crippen molar-refractivity contribution in [3.63, 3.8) is 0 Å². The lowest BCUT2D eigenvalue weighted by molar-refractivity contribution is -0.139. The van der Waals surface area contributed by atoms with Crippen LogP contribution in [0.1, 0.15) is 39.0 Å². The van der Waals surface area contributed by atoms with E-state index < -0.39 is 5.97 Å². The zero-order valence-electron chi connectivity index (χ0n) is 11.5. The average Bonchev–Trinajstić information content (AvgIpc) is 2.76. The zero-order valence-corrected chi connectivity index (χ0v) is 11.5. The summed E-state index contributed by atoms with van der Waals surface area (Å²) in [7, 11) is 0. The van der Waals surface area contributed by atoms with E-state index in [0.717, 1.165) is 38.0 Å². The van der Waals surface area contributed by atoms with Gasteiger partial charge in [0.15, 0.2) is 0 Å². The van der Waals surface area contributed by atoms with Crippen LogP contribution >= 0.6 is 0 Å². The van der Waals surface area contributed by atoms with Crippen LogP contribution in [0.25, 0.3) is 0 Å². The predicted octanol–water partition coefficient (Wildman–Crippen LogP) is 1.86. The molecule has 0 amide bonds. The van der Waals surface area contributed by atoms with Crippen LogP contribution < -0.4 is 0 Å². The maximum atomic E-state index is 10.7. The summed E-state index contributed by atoms with van der Waals surface area (Å²) in [5.74, 6) is 1.08. The number of carboxylic acids is 1. The van der Waals surface area contributed by atoms with Crippen molar-refractivity contribution in [3.8, 4) is 0 Å². The van der Waals surface area contributed by atoms with E-state index >= 15 is 0 Å². The van der Waals surface area contributed by atoms with Crippen LogP contribution in [0.5, 0.6) is 0 Å². The Hall–Kier alpha value is -0.610. The molecule has 1 aliphatic carbocycles. The summed E-state index contributed by atoms with van der Waals surface area (Å²) in [5.41, 5.74) is 0. The normalized spacial score (nSPS) is 30.7. The van der Waals surface area contributed by atoms with Crippen LogP contribution in [0.4, 0.5) is 0 Å². The highest BCUT2D eigenvalue weighted by atomic mass is 16.4. The standard InChI is InChI=1S/C14H26N2O2/c1-2-12-4-5-13(8-12)9-15-6-3-7-16(11-15)10-14(17)18/h12-13H,2-11H2,1H3,(H,17,18). The van der Waals surface area contributed by atoms with E-state index in [4.69, 9.17) is 5.11 Å². The molecule has 0 bridgehead atoms. The smallest absolute Gasteiger partial charge is 0.317 e.